The van der Waals surface area contributed by atoms with E-state index in [4.69, 9.17) is 0 Å². The van der Waals surface area contributed by atoms with Crippen molar-refractivity contribution in [1.82, 2.24) is 15.1 Å². The van der Waals surface area contributed by atoms with Crippen LogP contribution in [0.15, 0.2) is 30.5 Å². The molecule has 0 radical (unpaired) electrons. The van der Waals surface area contributed by atoms with E-state index >= 15 is 0 Å². The quantitative estimate of drug-likeness (QED) is 0.901. The van der Waals surface area contributed by atoms with E-state index in [2.05, 4.69) is 15.7 Å². The highest BCUT2D eigenvalue weighted by Crippen LogP contribution is 2.31. The van der Waals surface area contributed by atoms with Gasteiger partial charge in [-0.25, -0.2) is 4.68 Å². The number of carbonyl (C=O) groups excluding carboxylic acids is 1. The average Bonchev–Trinajstić information content (AvgIpc) is 3.13. The standard InChI is InChI=1S/C16H17F3N4O/c1-2-14-13(22-12-6-7-20-15(12)24)9-21-23(14)11-5-3-4-10(8-11)16(17,18)19/h3-5,8-9,12,22H,2,6-7H2,1H3,(H,20,24). The second-order valence-electron chi connectivity index (χ2n) is 5.60. The van der Waals surface area contributed by atoms with Crippen LogP contribution in [-0.4, -0.2) is 28.3 Å². The van der Waals surface area contributed by atoms with Crippen molar-refractivity contribution in [2.75, 3.05) is 11.9 Å². The average molecular weight is 338 g/mol. The van der Waals surface area contributed by atoms with Crippen molar-refractivity contribution in [3.8, 4) is 5.69 Å². The van der Waals surface area contributed by atoms with Crippen molar-refractivity contribution in [3.63, 3.8) is 0 Å². The number of alkyl halides is 3. The third-order valence-electron chi connectivity index (χ3n) is 4.00. The summed E-state index contributed by atoms with van der Waals surface area (Å²) in [5.74, 6) is -0.0797. The number of anilines is 1. The molecule has 3 rings (SSSR count). The Morgan fingerprint density at radius 2 is 2.21 bits per heavy atom. The predicted molar refractivity (Wildman–Crippen MR) is 83.0 cm³/mol. The zero-order valence-electron chi connectivity index (χ0n) is 13.0. The Labute approximate surface area is 136 Å². The summed E-state index contributed by atoms with van der Waals surface area (Å²) in [6.45, 7) is 2.50. The van der Waals surface area contributed by atoms with Crippen LogP contribution in [-0.2, 0) is 17.4 Å². The first-order valence-electron chi connectivity index (χ1n) is 7.69. The van der Waals surface area contributed by atoms with Gasteiger partial charge in [0, 0.05) is 6.54 Å². The molecule has 1 aliphatic rings. The van der Waals surface area contributed by atoms with Crippen LogP contribution in [0.25, 0.3) is 5.69 Å². The Hall–Kier alpha value is -2.51. The van der Waals surface area contributed by atoms with Crippen molar-refractivity contribution in [1.29, 1.82) is 0 Å². The number of amides is 1. The van der Waals surface area contributed by atoms with Crippen molar-refractivity contribution >= 4 is 11.6 Å². The number of rotatable bonds is 4. The minimum Gasteiger partial charge on any atom is -0.371 e. The first kappa shape index (κ1) is 16.4. The minimum atomic E-state index is -4.40. The normalized spacial score (nSPS) is 17.8. The Bertz CT molecular complexity index is 754. The van der Waals surface area contributed by atoms with Gasteiger partial charge in [0.05, 0.1) is 28.8 Å². The summed E-state index contributed by atoms with van der Waals surface area (Å²) in [6, 6.07) is 4.69. The van der Waals surface area contributed by atoms with Gasteiger partial charge in [0.1, 0.15) is 6.04 Å². The van der Waals surface area contributed by atoms with Gasteiger partial charge in [-0.15, -0.1) is 0 Å². The van der Waals surface area contributed by atoms with E-state index in [0.29, 0.717) is 30.8 Å². The van der Waals surface area contributed by atoms with E-state index in [1.807, 2.05) is 6.92 Å². The van der Waals surface area contributed by atoms with E-state index in [0.717, 1.165) is 17.8 Å². The lowest BCUT2D eigenvalue weighted by Gasteiger charge is -2.13. The molecule has 8 heteroatoms. The van der Waals surface area contributed by atoms with Gasteiger partial charge in [-0.3, -0.25) is 4.79 Å². The lowest BCUT2D eigenvalue weighted by atomic mass is 10.2. The van der Waals surface area contributed by atoms with E-state index in [1.165, 1.54) is 10.7 Å². The van der Waals surface area contributed by atoms with Gasteiger partial charge in [-0.1, -0.05) is 13.0 Å². The molecule has 1 aromatic carbocycles. The Morgan fingerprint density at radius 1 is 1.42 bits per heavy atom. The molecule has 0 saturated carbocycles. The molecular formula is C16H17F3N4O. The minimum absolute atomic E-state index is 0.0797. The zero-order valence-corrected chi connectivity index (χ0v) is 13.0. The fraction of sp³-hybridized carbons (Fsp3) is 0.375. The molecule has 128 valence electrons. The maximum atomic E-state index is 12.9. The highest BCUT2D eigenvalue weighted by atomic mass is 19.4. The number of carbonyl (C=O) groups is 1. The molecule has 24 heavy (non-hydrogen) atoms. The lowest BCUT2D eigenvalue weighted by molar-refractivity contribution is -0.137. The molecule has 1 amide bonds. The number of nitrogens with zero attached hydrogens (tertiary/aromatic N) is 2. The maximum Gasteiger partial charge on any atom is 0.416 e. The number of benzene rings is 1. The van der Waals surface area contributed by atoms with Crippen molar-refractivity contribution in [2.45, 2.75) is 32.0 Å². The number of nitrogens with one attached hydrogen (secondary N) is 2. The highest BCUT2D eigenvalue weighted by Gasteiger charge is 2.31. The molecular weight excluding hydrogens is 321 g/mol. The second-order valence-corrected chi connectivity index (χ2v) is 5.60. The second kappa shape index (κ2) is 6.18. The van der Waals surface area contributed by atoms with Crippen molar-refractivity contribution < 1.29 is 18.0 Å². The summed E-state index contributed by atoms with van der Waals surface area (Å²) >= 11 is 0. The largest absolute Gasteiger partial charge is 0.416 e. The Balaban J connectivity index is 1.93. The van der Waals surface area contributed by atoms with Crippen molar-refractivity contribution in [2.24, 2.45) is 0 Å². The number of hydrogen-bond donors (Lipinski definition) is 2. The third kappa shape index (κ3) is 3.08. The smallest absolute Gasteiger partial charge is 0.371 e. The van der Waals surface area contributed by atoms with E-state index < -0.39 is 11.7 Å². The molecule has 1 fully saturated rings. The Morgan fingerprint density at radius 3 is 2.83 bits per heavy atom. The summed E-state index contributed by atoms with van der Waals surface area (Å²) in [7, 11) is 0. The van der Waals surface area contributed by atoms with Crippen LogP contribution in [0, 0.1) is 0 Å². The number of halogens is 3. The van der Waals surface area contributed by atoms with Crippen LogP contribution in [0.2, 0.25) is 0 Å². The molecule has 5 nitrogen and oxygen atoms in total. The summed E-state index contributed by atoms with van der Waals surface area (Å²) in [5, 5.41) is 10.1. The summed E-state index contributed by atoms with van der Waals surface area (Å²) in [4.78, 5) is 11.7. The molecule has 0 aliphatic carbocycles. The van der Waals surface area contributed by atoms with Crippen LogP contribution in [0.1, 0.15) is 24.6 Å². The Kier molecular flexibility index (Phi) is 4.21. The van der Waals surface area contributed by atoms with Crippen molar-refractivity contribution in [3.05, 3.63) is 41.7 Å². The van der Waals surface area contributed by atoms with Crippen LogP contribution < -0.4 is 10.6 Å². The first-order chi connectivity index (χ1) is 11.4. The summed E-state index contributed by atoms with van der Waals surface area (Å²) in [5.41, 5.74) is 1.01. The van der Waals surface area contributed by atoms with Gasteiger partial charge < -0.3 is 10.6 Å². The highest BCUT2D eigenvalue weighted by molar-refractivity contribution is 5.86. The summed E-state index contributed by atoms with van der Waals surface area (Å²) in [6.07, 6.45) is -1.63. The molecule has 1 atom stereocenters. The van der Waals surface area contributed by atoms with E-state index in [9.17, 15) is 18.0 Å². The molecule has 1 unspecified atom stereocenters. The van der Waals surface area contributed by atoms with Gasteiger partial charge in [0.2, 0.25) is 5.91 Å². The zero-order chi connectivity index (χ0) is 17.3. The van der Waals surface area contributed by atoms with E-state index in [-0.39, 0.29) is 11.9 Å². The fourth-order valence-electron chi connectivity index (χ4n) is 2.79. The molecule has 2 aromatic rings. The maximum absolute atomic E-state index is 12.9. The fourth-order valence-corrected chi connectivity index (χ4v) is 2.79. The third-order valence-corrected chi connectivity index (χ3v) is 4.00. The summed E-state index contributed by atoms with van der Waals surface area (Å²) < 4.78 is 40.2. The van der Waals surface area contributed by atoms with Crippen LogP contribution >= 0.6 is 0 Å². The molecule has 1 aromatic heterocycles. The first-order valence-corrected chi connectivity index (χ1v) is 7.69. The molecule has 1 aliphatic heterocycles. The van der Waals surface area contributed by atoms with Gasteiger partial charge in [-0.2, -0.15) is 18.3 Å². The van der Waals surface area contributed by atoms with Crippen LogP contribution in [0.4, 0.5) is 18.9 Å². The van der Waals surface area contributed by atoms with Gasteiger partial charge in [0.25, 0.3) is 0 Å². The van der Waals surface area contributed by atoms with Crippen LogP contribution in [0.5, 0.6) is 0 Å². The number of aromatic nitrogens is 2. The molecule has 0 bridgehead atoms. The molecule has 2 N–H and O–H groups in total. The number of hydrogen-bond acceptors (Lipinski definition) is 3. The van der Waals surface area contributed by atoms with Gasteiger partial charge in [0.15, 0.2) is 0 Å². The molecule has 2 heterocycles. The topological polar surface area (TPSA) is 58.9 Å². The lowest BCUT2D eigenvalue weighted by Crippen LogP contribution is -2.29. The monoisotopic (exact) mass is 338 g/mol. The predicted octanol–water partition coefficient (Wildman–Crippen LogP) is 2.75. The molecule has 0 spiro atoms. The molecule has 1 saturated heterocycles. The van der Waals surface area contributed by atoms with Crippen LogP contribution in [0.3, 0.4) is 0 Å². The van der Waals surface area contributed by atoms with Gasteiger partial charge in [-0.05, 0) is 31.0 Å². The SMILES string of the molecule is CCc1c(NC2CCNC2=O)cnn1-c1cccc(C(F)(F)F)c1. The van der Waals surface area contributed by atoms with E-state index in [1.54, 1.807) is 12.3 Å². The van der Waals surface area contributed by atoms with Gasteiger partial charge >= 0.3 is 6.18 Å².